The van der Waals surface area contributed by atoms with Crippen LogP contribution in [-0.2, 0) is 6.42 Å². The number of nitrogen functional groups attached to an aromatic ring is 2. The van der Waals surface area contributed by atoms with Crippen LogP contribution in [0.2, 0.25) is 0 Å². The van der Waals surface area contributed by atoms with E-state index in [1.54, 1.807) is 12.1 Å². The lowest BCUT2D eigenvalue weighted by Gasteiger charge is -2.10. The first-order valence-corrected chi connectivity index (χ1v) is 7.23. The van der Waals surface area contributed by atoms with Crippen molar-refractivity contribution in [1.29, 1.82) is 0 Å². The molecule has 0 aliphatic heterocycles. The Balaban J connectivity index is 2.07. The van der Waals surface area contributed by atoms with E-state index in [4.69, 9.17) is 11.5 Å². The third-order valence-corrected chi connectivity index (χ3v) is 3.37. The number of nitrogens with zero attached hydrogens (tertiary/aromatic N) is 2. The van der Waals surface area contributed by atoms with Gasteiger partial charge in [0.2, 0.25) is 0 Å². The van der Waals surface area contributed by atoms with Gasteiger partial charge in [-0.15, -0.1) is 0 Å². The lowest BCUT2D eigenvalue weighted by Crippen LogP contribution is -2.16. The molecule has 1 heterocycles. The Kier molecular flexibility index (Phi) is 4.93. The van der Waals surface area contributed by atoms with Gasteiger partial charge in [-0.3, -0.25) is 4.79 Å². The topological polar surface area (TPSA) is 107 Å². The minimum atomic E-state index is -0.288. The lowest BCUT2D eigenvalue weighted by molar-refractivity contribution is 0.102. The van der Waals surface area contributed by atoms with Gasteiger partial charge in [0.1, 0.15) is 12.0 Å². The highest BCUT2D eigenvalue weighted by atomic mass is 16.1. The van der Waals surface area contributed by atoms with Crippen molar-refractivity contribution in [2.24, 2.45) is 5.92 Å². The Bertz CT molecular complexity index is 632. The summed E-state index contributed by atoms with van der Waals surface area (Å²) in [4.78, 5) is 19.8. The van der Waals surface area contributed by atoms with Crippen molar-refractivity contribution in [1.82, 2.24) is 9.97 Å². The second-order valence-corrected chi connectivity index (χ2v) is 5.60. The second kappa shape index (κ2) is 6.89. The highest BCUT2D eigenvalue weighted by Gasteiger charge is 2.12. The number of aromatic nitrogens is 2. The van der Waals surface area contributed by atoms with E-state index in [0.29, 0.717) is 11.5 Å². The minimum Gasteiger partial charge on any atom is -0.382 e. The predicted octanol–water partition coefficient (Wildman–Crippen LogP) is 2.48. The first-order chi connectivity index (χ1) is 10.5. The largest absolute Gasteiger partial charge is 0.382 e. The lowest BCUT2D eigenvalue weighted by atomic mass is 10.0. The summed E-state index contributed by atoms with van der Waals surface area (Å²) in [6, 6.07) is 7.51. The van der Waals surface area contributed by atoms with Gasteiger partial charge in [0, 0.05) is 5.56 Å². The van der Waals surface area contributed by atoms with Crippen molar-refractivity contribution in [2.75, 3.05) is 16.8 Å². The molecule has 2 rings (SSSR count). The fourth-order valence-corrected chi connectivity index (χ4v) is 2.01. The number of nitrogens with one attached hydrogen (secondary N) is 1. The molecule has 0 atom stereocenters. The average Bonchev–Trinajstić information content (AvgIpc) is 2.49. The first kappa shape index (κ1) is 15.8. The van der Waals surface area contributed by atoms with Crippen LogP contribution in [0.4, 0.5) is 17.3 Å². The van der Waals surface area contributed by atoms with Crippen LogP contribution in [0.5, 0.6) is 0 Å². The molecule has 6 heteroatoms. The van der Waals surface area contributed by atoms with E-state index in [-0.39, 0.29) is 23.2 Å². The number of hydrogen-bond donors (Lipinski definition) is 3. The molecule has 6 nitrogen and oxygen atoms in total. The molecule has 1 aromatic heterocycles. The van der Waals surface area contributed by atoms with Crippen LogP contribution in [0.15, 0.2) is 30.6 Å². The molecule has 0 spiro atoms. The van der Waals surface area contributed by atoms with E-state index < -0.39 is 0 Å². The molecular formula is C16H21N5O. The number of rotatable bonds is 5. The summed E-state index contributed by atoms with van der Waals surface area (Å²) in [5.74, 6) is 0.666. The van der Waals surface area contributed by atoms with Gasteiger partial charge in [0.05, 0.1) is 0 Å². The van der Waals surface area contributed by atoms with Crippen molar-refractivity contribution in [3.05, 3.63) is 41.7 Å². The molecule has 0 radical (unpaired) electrons. The van der Waals surface area contributed by atoms with Crippen molar-refractivity contribution in [3.8, 4) is 0 Å². The van der Waals surface area contributed by atoms with Crippen molar-refractivity contribution in [2.45, 2.75) is 26.7 Å². The predicted molar refractivity (Wildman–Crippen MR) is 88.4 cm³/mol. The SMILES string of the molecule is CC(C)CCc1ccc(C(=O)Nc2c(N)ncnc2N)cc1. The fourth-order valence-electron chi connectivity index (χ4n) is 2.01. The van der Waals surface area contributed by atoms with Gasteiger partial charge in [-0.05, 0) is 36.5 Å². The summed E-state index contributed by atoms with van der Waals surface area (Å²) in [6.07, 6.45) is 3.38. The summed E-state index contributed by atoms with van der Waals surface area (Å²) >= 11 is 0. The Morgan fingerprint density at radius 1 is 1.14 bits per heavy atom. The average molecular weight is 299 g/mol. The van der Waals surface area contributed by atoms with Crippen molar-refractivity contribution < 1.29 is 4.79 Å². The number of benzene rings is 1. The fraction of sp³-hybridized carbons (Fsp3) is 0.312. The van der Waals surface area contributed by atoms with E-state index >= 15 is 0 Å². The molecule has 0 bridgehead atoms. The zero-order valence-electron chi connectivity index (χ0n) is 12.8. The van der Waals surface area contributed by atoms with Crippen molar-refractivity contribution in [3.63, 3.8) is 0 Å². The molecule has 0 unspecified atom stereocenters. The summed E-state index contributed by atoms with van der Waals surface area (Å²) in [5.41, 5.74) is 13.4. The van der Waals surface area contributed by atoms with E-state index in [0.717, 1.165) is 12.8 Å². The molecular weight excluding hydrogens is 278 g/mol. The molecule has 1 amide bonds. The number of carbonyl (C=O) groups is 1. The molecule has 0 aliphatic rings. The molecule has 0 saturated carbocycles. The normalized spacial score (nSPS) is 10.7. The van der Waals surface area contributed by atoms with E-state index in [9.17, 15) is 4.79 Å². The van der Waals surface area contributed by atoms with Gasteiger partial charge >= 0.3 is 0 Å². The van der Waals surface area contributed by atoms with E-state index in [1.807, 2.05) is 12.1 Å². The van der Waals surface area contributed by atoms with Crippen molar-refractivity contribution >= 4 is 23.2 Å². The van der Waals surface area contributed by atoms with Crippen LogP contribution in [0, 0.1) is 5.92 Å². The summed E-state index contributed by atoms with van der Waals surface area (Å²) in [5, 5.41) is 2.65. The van der Waals surface area contributed by atoms with Gasteiger partial charge in [-0.2, -0.15) is 0 Å². The number of hydrogen-bond acceptors (Lipinski definition) is 5. The van der Waals surface area contributed by atoms with Crippen LogP contribution in [-0.4, -0.2) is 15.9 Å². The third kappa shape index (κ3) is 3.94. The Labute approximate surface area is 130 Å². The maximum atomic E-state index is 12.2. The molecule has 116 valence electrons. The highest BCUT2D eigenvalue weighted by Crippen LogP contribution is 2.21. The van der Waals surface area contributed by atoms with Crippen LogP contribution in [0.1, 0.15) is 36.2 Å². The third-order valence-electron chi connectivity index (χ3n) is 3.37. The Hall–Kier alpha value is -2.63. The maximum Gasteiger partial charge on any atom is 0.255 e. The minimum absolute atomic E-state index is 0.148. The summed E-state index contributed by atoms with van der Waals surface area (Å²) in [6.45, 7) is 4.39. The second-order valence-electron chi connectivity index (χ2n) is 5.60. The van der Waals surface area contributed by atoms with Crippen LogP contribution < -0.4 is 16.8 Å². The quantitative estimate of drug-likeness (QED) is 0.786. The molecule has 1 aromatic carbocycles. The number of carbonyl (C=O) groups excluding carboxylic acids is 1. The van der Waals surface area contributed by atoms with Gasteiger partial charge < -0.3 is 16.8 Å². The van der Waals surface area contributed by atoms with Gasteiger partial charge in [0.15, 0.2) is 11.6 Å². The zero-order chi connectivity index (χ0) is 16.1. The molecule has 22 heavy (non-hydrogen) atoms. The number of anilines is 3. The zero-order valence-corrected chi connectivity index (χ0v) is 12.8. The molecule has 5 N–H and O–H groups in total. The number of aryl methyl sites for hydroxylation is 1. The first-order valence-electron chi connectivity index (χ1n) is 7.23. The molecule has 0 saturated heterocycles. The van der Waals surface area contributed by atoms with E-state index in [1.165, 1.54) is 11.9 Å². The van der Waals surface area contributed by atoms with Crippen LogP contribution in [0.25, 0.3) is 0 Å². The summed E-state index contributed by atoms with van der Waals surface area (Å²) < 4.78 is 0. The van der Waals surface area contributed by atoms with Crippen LogP contribution in [0.3, 0.4) is 0 Å². The molecule has 2 aromatic rings. The maximum absolute atomic E-state index is 12.2. The highest BCUT2D eigenvalue weighted by molar-refractivity contribution is 6.06. The Morgan fingerprint density at radius 2 is 1.73 bits per heavy atom. The van der Waals surface area contributed by atoms with Crippen LogP contribution >= 0.6 is 0 Å². The van der Waals surface area contributed by atoms with E-state index in [2.05, 4.69) is 29.1 Å². The smallest absolute Gasteiger partial charge is 0.255 e. The number of nitrogens with two attached hydrogens (primary N) is 2. The monoisotopic (exact) mass is 299 g/mol. The number of amides is 1. The van der Waals surface area contributed by atoms with Gasteiger partial charge in [0.25, 0.3) is 5.91 Å². The standard InChI is InChI=1S/C16H21N5O/c1-10(2)3-4-11-5-7-12(8-6-11)16(22)21-13-14(17)19-9-20-15(13)18/h5-10H,3-4H2,1-2H3,(H,21,22)(H4,17,18,19,20). The Morgan fingerprint density at radius 3 is 2.27 bits per heavy atom. The van der Waals surface area contributed by atoms with Gasteiger partial charge in [-0.25, -0.2) is 9.97 Å². The molecule has 0 aliphatic carbocycles. The summed E-state index contributed by atoms with van der Waals surface area (Å²) in [7, 11) is 0. The molecule has 0 fully saturated rings. The van der Waals surface area contributed by atoms with Gasteiger partial charge in [-0.1, -0.05) is 26.0 Å².